The quantitative estimate of drug-likeness (QED) is 0.662. The molecule has 1 aromatic heterocycles. The van der Waals surface area contributed by atoms with Crippen molar-refractivity contribution in [2.24, 2.45) is 5.73 Å². The van der Waals surface area contributed by atoms with E-state index in [1.807, 2.05) is 5.32 Å². The van der Waals surface area contributed by atoms with Gasteiger partial charge in [0.1, 0.15) is 11.1 Å². The summed E-state index contributed by atoms with van der Waals surface area (Å²) in [5, 5.41) is 1.85. The Kier molecular flexibility index (Phi) is 3.91. The van der Waals surface area contributed by atoms with Crippen LogP contribution in [0.1, 0.15) is 10.5 Å². The highest BCUT2D eigenvalue weighted by molar-refractivity contribution is 9.10. The number of hydrogen-bond donors (Lipinski definition) is 2. The molecule has 9 heteroatoms. The molecule has 3 N–H and O–H groups in total. The monoisotopic (exact) mass is 315 g/mol. The summed E-state index contributed by atoms with van der Waals surface area (Å²) in [4.78, 5) is 14.3. The van der Waals surface area contributed by atoms with E-state index in [1.165, 1.54) is 0 Å². The molecule has 0 atom stereocenters. The lowest BCUT2D eigenvalue weighted by molar-refractivity contribution is -0.115. The predicted octanol–water partition coefficient (Wildman–Crippen LogP) is 2.06. The maximum Gasteiger partial charge on any atom is 0.405 e. The predicted molar refractivity (Wildman–Crippen MR) is 55.0 cm³/mol. The average molecular weight is 316 g/mol. The maximum atomic E-state index is 13.1. The van der Waals surface area contributed by atoms with Gasteiger partial charge in [-0.1, -0.05) is 0 Å². The normalized spacial score (nSPS) is 11.4. The molecular weight excluding hydrogens is 310 g/mol. The van der Waals surface area contributed by atoms with Crippen molar-refractivity contribution < 1.29 is 22.4 Å². The van der Waals surface area contributed by atoms with Gasteiger partial charge in [-0.05, 0) is 15.9 Å². The van der Waals surface area contributed by atoms with Crippen LogP contribution in [-0.2, 0) is 0 Å². The van der Waals surface area contributed by atoms with Gasteiger partial charge in [0.25, 0.3) is 5.91 Å². The van der Waals surface area contributed by atoms with Gasteiger partial charge in [-0.3, -0.25) is 4.79 Å². The first-order chi connectivity index (χ1) is 7.70. The van der Waals surface area contributed by atoms with Crippen LogP contribution in [-0.4, -0.2) is 23.6 Å². The van der Waals surface area contributed by atoms with Gasteiger partial charge < -0.3 is 11.1 Å². The molecule has 1 aromatic rings. The number of nitrogens with one attached hydrogen (secondary N) is 1. The van der Waals surface area contributed by atoms with Crippen molar-refractivity contribution in [3.05, 3.63) is 22.2 Å². The number of pyridine rings is 1. The lowest BCUT2D eigenvalue weighted by Gasteiger charge is -2.12. The van der Waals surface area contributed by atoms with Crippen LogP contribution in [0.4, 0.5) is 23.2 Å². The zero-order valence-electron chi connectivity index (χ0n) is 8.11. The Morgan fingerprint density at radius 2 is 2.12 bits per heavy atom. The Balaban J connectivity index is 3.05. The topological polar surface area (TPSA) is 68.0 Å². The van der Waals surface area contributed by atoms with Crippen LogP contribution in [0.15, 0.2) is 10.7 Å². The van der Waals surface area contributed by atoms with E-state index < -0.39 is 35.8 Å². The first kappa shape index (κ1) is 13.7. The number of aromatic nitrogens is 1. The molecule has 0 unspecified atom stereocenters. The SMILES string of the molecule is NC(=O)c1nc(Br)c(F)cc1NCC(F)(F)F. The van der Waals surface area contributed by atoms with Crippen LogP contribution in [0.2, 0.25) is 0 Å². The lowest BCUT2D eigenvalue weighted by Crippen LogP contribution is -2.24. The van der Waals surface area contributed by atoms with Gasteiger partial charge in [0.2, 0.25) is 0 Å². The summed E-state index contributed by atoms with van der Waals surface area (Å²) < 4.78 is 48.6. The largest absolute Gasteiger partial charge is 0.405 e. The molecule has 1 amide bonds. The molecule has 0 fully saturated rings. The molecule has 0 spiro atoms. The lowest BCUT2D eigenvalue weighted by atomic mass is 10.2. The Morgan fingerprint density at radius 1 is 1.53 bits per heavy atom. The summed E-state index contributed by atoms with van der Waals surface area (Å²) in [6, 6.07) is 0.711. The van der Waals surface area contributed by atoms with Gasteiger partial charge in [0.05, 0.1) is 5.69 Å². The van der Waals surface area contributed by atoms with Crippen molar-refractivity contribution in [3.8, 4) is 0 Å². The highest BCUT2D eigenvalue weighted by atomic mass is 79.9. The minimum Gasteiger partial charge on any atom is -0.374 e. The van der Waals surface area contributed by atoms with Crippen LogP contribution in [0, 0.1) is 5.82 Å². The van der Waals surface area contributed by atoms with E-state index in [0.29, 0.717) is 6.07 Å². The molecule has 4 nitrogen and oxygen atoms in total. The number of halogens is 5. The van der Waals surface area contributed by atoms with Crippen LogP contribution >= 0.6 is 15.9 Å². The van der Waals surface area contributed by atoms with E-state index in [4.69, 9.17) is 5.73 Å². The van der Waals surface area contributed by atoms with Gasteiger partial charge in [-0.15, -0.1) is 0 Å². The van der Waals surface area contributed by atoms with Gasteiger partial charge in [0.15, 0.2) is 11.5 Å². The summed E-state index contributed by atoms with van der Waals surface area (Å²) in [7, 11) is 0. The van der Waals surface area contributed by atoms with Gasteiger partial charge in [-0.25, -0.2) is 9.37 Å². The Bertz CT molecular complexity index is 449. The van der Waals surface area contributed by atoms with E-state index in [2.05, 4.69) is 20.9 Å². The number of anilines is 1. The van der Waals surface area contributed by atoms with E-state index in [1.54, 1.807) is 0 Å². The van der Waals surface area contributed by atoms with Crippen molar-refractivity contribution in [1.82, 2.24) is 4.98 Å². The first-order valence-electron chi connectivity index (χ1n) is 4.17. The van der Waals surface area contributed by atoms with Crippen molar-refractivity contribution in [2.45, 2.75) is 6.18 Å². The van der Waals surface area contributed by atoms with Gasteiger partial charge in [0, 0.05) is 6.07 Å². The number of primary amides is 1. The second-order valence-electron chi connectivity index (χ2n) is 2.99. The minimum atomic E-state index is -4.50. The molecule has 0 saturated carbocycles. The molecule has 1 rings (SSSR count). The van der Waals surface area contributed by atoms with Gasteiger partial charge in [-0.2, -0.15) is 13.2 Å². The van der Waals surface area contributed by atoms with Crippen molar-refractivity contribution >= 4 is 27.5 Å². The van der Waals surface area contributed by atoms with Crippen molar-refractivity contribution in [2.75, 3.05) is 11.9 Å². The molecule has 0 bridgehead atoms. The molecule has 0 saturated heterocycles. The Labute approximate surface area is 101 Å². The zero-order chi connectivity index (χ0) is 13.2. The molecule has 0 aliphatic carbocycles. The molecule has 0 aliphatic rings. The third-order valence-electron chi connectivity index (χ3n) is 1.65. The number of carbonyl (C=O) groups excluding carboxylic acids is 1. The fourth-order valence-electron chi connectivity index (χ4n) is 0.984. The molecule has 0 aliphatic heterocycles. The van der Waals surface area contributed by atoms with E-state index >= 15 is 0 Å². The number of rotatable bonds is 3. The number of alkyl halides is 3. The van der Waals surface area contributed by atoms with E-state index in [9.17, 15) is 22.4 Å². The molecule has 94 valence electrons. The second-order valence-corrected chi connectivity index (χ2v) is 3.74. The van der Waals surface area contributed by atoms with Crippen LogP contribution in [0.25, 0.3) is 0 Å². The molecule has 0 aromatic carbocycles. The summed E-state index contributed by atoms with van der Waals surface area (Å²) in [6.45, 7) is -1.42. The zero-order valence-corrected chi connectivity index (χ0v) is 9.69. The number of amides is 1. The fraction of sp³-hybridized carbons (Fsp3) is 0.250. The van der Waals surface area contributed by atoms with Crippen LogP contribution in [0.5, 0.6) is 0 Å². The smallest absolute Gasteiger partial charge is 0.374 e. The standard InChI is InChI=1S/C8H6BrF4N3O/c9-6-3(10)1-4(5(16-6)7(14)17)15-2-8(11,12)13/h1,15H,2H2,(H2,14,17). The molecule has 1 heterocycles. The number of hydrogen-bond acceptors (Lipinski definition) is 3. The molecule has 0 radical (unpaired) electrons. The second kappa shape index (κ2) is 4.86. The van der Waals surface area contributed by atoms with Crippen LogP contribution < -0.4 is 11.1 Å². The van der Waals surface area contributed by atoms with Crippen LogP contribution in [0.3, 0.4) is 0 Å². The van der Waals surface area contributed by atoms with E-state index in [-0.39, 0.29) is 4.60 Å². The summed E-state index contributed by atoms with van der Waals surface area (Å²) in [5.41, 5.74) is 4.03. The molecular formula is C8H6BrF4N3O. The molecule has 17 heavy (non-hydrogen) atoms. The number of nitrogens with zero attached hydrogens (tertiary/aromatic N) is 1. The van der Waals surface area contributed by atoms with Gasteiger partial charge >= 0.3 is 6.18 Å². The number of nitrogens with two attached hydrogens (primary N) is 1. The summed E-state index contributed by atoms with van der Waals surface area (Å²) >= 11 is 2.70. The summed E-state index contributed by atoms with van der Waals surface area (Å²) in [5.74, 6) is -1.96. The first-order valence-corrected chi connectivity index (χ1v) is 4.96. The highest BCUT2D eigenvalue weighted by Gasteiger charge is 2.27. The van der Waals surface area contributed by atoms with Crippen molar-refractivity contribution in [3.63, 3.8) is 0 Å². The Hall–Kier alpha value is -1.38. The fourth-order valence-corrected chi connectivity index (χ4v) is 1.28. The van der Waals surface area contributed by atoms with Crippen molar-refractivity contribution in [1.29, 1.82) is 0 Å². The maximum absolute atomic E-state index is 13.1. The Morgan fingerprint density at radius 3 is 2.59 bits per heavy atom. The van der Waals surface area contributed by atoms with E-state index in [0.717, 1.165) is 0 Å². The minimum absolute atomic E-state index is 0.302. The third-order valence-corrected chi connectivity index (χ3v) is 2.20. The average Bonchev–Trinajstić information content (AvgIpc) is 2.17. The number of carbonyl (C=O) groups is 1. The third kappa shape index (κ3) is 3.84. The summed E-state index contributed by atoms with van der Waals surface area (Å²) in [6.07, 6.45) is -4.50. The highest BCUT2D eigenvalue weighted by Crippen LogP contribution is 2.23.